The second-order valence-electron chi connectivity index (χ2n) is 3.39. The lowest BCUT2D eigenvalue weighted by molar-refractivity contribution is -0.116. The topological polar surface area (TPSA) is 38.3 Å². The van der Waals surface area contributed by atoms with E-state index in [-0.39, 0.29) is 5.91 Å². The lowest BCUT2D eigenvalue weighted by Gasteiger charge is -2.04. The Bertz CT molecular complexity index is 322. The number of amides is 1. The number of rotatable bonds is 7. The average molecular weight is 219 g/mol. The van der Waals surface area contributed by atoms with Gasteiger partial charge in [0.25, 0.3) is 0 Å². The summed E-state index contributed by atoms with van der Waals surface area (Å²) in [4.78, 5) is 10.8. The normalized spacial score (nSPS) is 9.75. The molecule has 0 fully saturated rings. The van der Waals surface area contributed by atoms with E-state index in [1.165, 1.54) is 6.08 Å². The smallest absolute Gasteiger partial charge is 0.243 e. The minimum absolute atomic E-state index is 0.136. The predicted octanol–water partition coefficient (Wildman–Crippen LogP) is 1.90. The van der Waals surface area contributed by atoms with Crippen LogP contribution in [0.15, 0.2) is 43.0 Å². The van der Waals surface area contributed by atoms with Crippen LogP contribution >= 0.6 is 0 Å². The van der Waals surface area contributed by atoms with Gasteiger partial charge in [-0.25, -0.2) is 0 Å². The van der Waals surface area contributed by atoms with Crippen LogP contribution in [0, 0.1) is 0 Å². The van der Waals surface area contributed by atoms with Crippen LogP contribution in [-0.2, 0) is 16.1 Å². The lowest BCUT2D eigenvalue weighted by Crippen LogP contribution is -2.22. The van der Waals surface area contributed by atoms with E-state index in [0.29, 0.717) is 19.8 Å². The SMILES string of the molecule is C=CC(=O)NCCCOCc1ccccc1. The number of carbonyl (C=O) groups is 1. The number of ether oxygens (including phenoxy) is 1. The molecule has 1 aromatic rings. The Labute approximate surface area is 96.1 Å². The van der Waals surface area contributed by atoms with E-state index in [1.54, 1.807) is 0 Å². The van der Waals surface area contributed by atoms with Crippen molar-refractivity contribution in [2.75, 3.05) is 13.2 Å². The van der Waals surface area contributed by atoms with E-state index in [2.05, 4.69) is 11.9 Å². The molecule has 0 aliphatic carbocycles. The number of hydrogen-bond acceptors (Lipinski definition) is 2. The summed E-state index contributed by atoms with van der Waals surface area (Å²) in [6.45, 7) is 5.26. The van der Waals surface area contributed by atoms with Gasteiger partial charge in [0.15, 0.2) is 0 Å². The van der Waals surface area contributed by atoms with Gasteiger partial charge in [-0.2, -0.15) is 0 Å². The molecular formula is C13H17NO2. The summed E-state index contributed by atoms with van der Waals surface area (Å²) < 4.78 is 5.46. The van der Waals surface area contributed by atoms with Crippen molar-refractivity contribution >= 4 is 5.91 Å². The van der Waals surface area contributed by atoms with Crippen LogP contribution in [0.1, 0.15) is 12.0 Å². The Balaban J connectivity index is 2.00. The molecule has 0 saturated carbocycles. The molecule has 0 aliphatic rings. The first-order valence-corrected chi connectivity index (χ1v) is 5.35. The summed E-state index contributed by atoms with van der Waals surface area (Å²) in [5.74, 6) is -0.136. The Morgan fingerprint density at radius 3 is 2.81 bits per heavy atom. The first kappa shape index (κ1) is 12.5. The first-order chi connectivity index (χ1) is 7.83. The molecule has 1 rings (SSSR count). The highest BCUT2D eigenvalue weighted by Crippen LogP contribution is 2.00. The molecule has 0 atom stereocenters. The van der Waals surface area contributed by atoms with Gasteiger partial charge in [0.2, 0.25) is 5.91 Å². The molecular weight excluding hydrogens is 202 g/mol. The van der Waals surface area contributed by atoms with Crippen molar-refractivity contribution in [1.82, 2.24) is 5.32 Å². The highest BCUT2D eigenvalue weighted by Gasteiger charge is 1.94. The standard InChI is InChI=1S/C13H17NO2/c1-2-13(15)14-9-6-10-16-11-12-7-4-3-5-8-12/h2-5,7-8H,1,6,9-11H2,(H,14,15). The van der Waals surface area contributed by atoms with Crippen molar-refractivity contribution in [3.05, 3.63) is 48.6 Å². The molecule has 1 aromatic carbocycles. The zero-order valence-electron chi connectivity index (χ0n) is 9.32. The fraction of sp³-hybridized carbons (Fsp3) is 0.308. The number of carbonyl (C=O) groups excluding carboxylic acids is 1. The average Bonchev–Trinajstić information content (AvgIpc) is 2.34. The fourth-order valence-corrected chi connectivity index (χ4v) is 1.22. The number of nitrogens with one attached hydrogen (secondary N) is 1. The molecule has 1 amide bonds. The maximum atomic E-state index is 10.8. The molecule has 0 heterocycles. The molecule has 3 heteroatoms. The van der Waals surface area contributed by atoms with Gasteiger partial charge in [-0.05, 0) is 18.1 Å². The molecule has 0 aromatic heterocycles. The summed E-state index contributed by atoms with van der Waals surface area (Å²) in [5, 5.41) is 2.69. The minimum Gasteiger partial charge on any atom is -0.377 e. The van der Waals surface area contributed by atoms with Gasteiger partial charge < -0.3 is 10.1 Å². The molecule has 0 radical (unpaired) electrons. The van der Waals surface area contributed by atoms with Crippen LogP contribution in [0.5, 0.6) is 0 Å². The van der Waals surface area contributed by atoms with E-state index in [4.69, 9.17) is 4.74 Å². The molecule has 0 aliphatic heterocycles. The first-order valence-electron chi connectivity index (χ1n) is 5.35. The summed E-state index contributed by atoms with van der Waals surface area (Å²) in [6, 6.07) is 10.0. The van der Waals surface area contributed by atoms with E-state index in [9.17, 15) is 4.79 Å². The largest absolute Gasteiger partial charge is 0.377 e. The van der Waals surface area contributed by atoms with Gasteiger partial charge in [-0.3, -0.25) is 4.79 Å². The van der Waals surface area contributed by atoms with Crippen LogP contribution in [0.4, 0.5) is 0 Å². The molecule has 0 unspecified atom stereocenters. The second kappa shape index (κ2) is 7.65. The molecule has 3 nitrogen and oxygen atoms in total. The van der Waals surface area contributed by atoms with Gasteiger partial charge in [0.1, 0.15) is 0 Å². The van der Waals surface area contributed by atoms with E-state index >= 15 is 0 Å². The molecule has 0 spiro atoms. The van der Waals surface area contributed by atoms with Gasteiger partial charge in [-0.1, -0.05) is 36.9 Å². The monoisotopic (exact) mass is 219 g/mol. The summed E-state index contributed by atoms with van der Waals surface area (Å²) in [7, 11) is 0. The lowest BCUT2D eigenvalue weighted by atomic mass is 10.2. The maximum absolute atomic E-state index is 10.8. The zero-order chi connectivity index (χ0) is 11.6. The van der Waals surface area contributed by atoms with Crippen molar-refractivity contribution in [2.24, 2.45) is 0 Å². The predicted molar refractivity (Wildman–Crippen MR) is 63.9 cm³/mol. The zero-order valence-corrected chi connectivity index (χ0v) is 9.32. The Hall–Kier alpha value is -1.61. The highest BCUT2D eigenvalue weighted by atomic mass is 16.5. The van der Waals surface area contributed by atoms with Crippen LogP contribution in [0.2, 0.25) is 0 Å². The van der Waals surface area contributed by atoms with Crippen molar-refractivity contribution in [3.8, 4) is 0 Å². The van der Waals surface area contributed by atoms with Crippen LogP contribution in [0.25, 0.3) is 0 Å². The van der Waals surface area contributed by atoms with E-state index < -0.39 is 0 Å². The molecule has 86 valence electrons. The van der Waals surface area contributed by atoms with Gasteiger partial charge in [-0.15, -0.1) is 0 Å². The Morgan fingerprint density at radius 2 is 2.12 bits per heavy atom. The third kappa shape index (κ3) is 5.32. The van der Waals surface area contributed by atoms with Crippen molar-refractivity contribution in [1.29, 1.82) is 0 Å². The Kier molecular flexibility index (Phi) is 5.96. The van der Waals surface area contributed by atoms with Gasteiger partial charge >= 0.3 is 0 Å². The highest BCUT2D eigenvalue weighted by molar-refractivity contribution is 5.86. The van der Waals surface area contributed by atoms with Crippen molar-refractivity contribution in [2.45, 2.75) is 13.0 Å². The minimum atomic E-state index is -0.136. The maximum Gasteiger partial charge on any atom is 0.243 e. The Morgan fingerprint density at radius 1 is 1.38 bits per heavy atom. The summed E-state index contributed by atoms with van der Waals surface area (Å²) in [5.41, 5.74) is 1.16. The van der Waals surface area contributed by atoms with Gasteiger partial charge in [0.05, 0.1) is 6.61 Å². The number of hydrogen-bond donors (Lipinski definition) is 1. The van der Waals surface area contributed by atoms with Crippen molar-refractivity contribution in [3.63, 3.8) is 0 Å². The quantitative estimate of drug-likeness (QED) is 0.562. The van der Waals surface area contributed by atoms with Gasteiger partial charge in [0, 0.05) is 13.2 Å². The van der Waals surface area contributed by atoms with Crippen LogP contribution < -0.4 is 5.32 Å². The van der Waals surface area contributed by atoms with E-state index in [1.807, 2.05) is 30.3 Å². The fourth-order valence-electron chi connectivity index (χ4n) is 1.22. The molecule has 0 saturated heterocycles. The number of benzene rings is 1. The van der Waals surface area contributed by atoms with Crippen LogP contribution in [0.3, 0.4) is 0 Å². The second-order valence-corrected chi connectivity index (χ2v) is 3.39. The van der Waals surface area contributed by atoms with Crippen LogP contribution in [-0.4, -0.2) is 19.1 Å². The molecule has 1 N–H and O–H groups in total. The third-order valence-electron chi connectivity index (χ3n) is 2.06. The third-order valence-corrected chi connectivity index (χ3v) is 2.06. The summed E-state index contributed by atoms with van der Waals surface area (Å²) >= 11 is 0. The summed E-state index contributed by atoms with van der Waals surface area (Å²) in [6.07, 6.45) is 2.08. The molecule has 0 bridgehead atoms. The van der Waals surface area contributed by atoms with Crippen molar-refractivity contribution < 1.29 is 9.53 Å². The van der Waals surface area contributed by atoms with E-state index in [0.717, 1.165) is 12.0 Å². The molecule has 16 heavy (non-hydrogen) atoms.